The van der Waals surface area contributed by atoms with E-state index in [-0.39, 0.29) is 11.9 Å². The summed E-state index contributed by atoms with van der Waals surface area (Å²) in [5.74, 6) is 0.176. The topological polar surface area (TPSA) is 65.7 Å². The number of esters is 2. The lowest BCUT2D eigenvalue weighted by Crippen LogP contribution is -2.06. The average molecular weight is 663 g/mol. The Morgan fingerprint density at radius 3 is 2.15 bits per heavy atom. The predicted molar refractivity (Wildman–Crippen MR) is 199 cm³/mol. The summed E-state index contributed by atoms with van der Waals surface area (Å²) in [5.41, 5.74) is 4.46. The van der Waals surface area contributed by atoms with Crippen LogP contribution in [0.3, 0.4) is 0 Å². The van der Waals surface area contributed by atoms with Crippen LogP contribution < -0.4 is 0 Å². The maximum absolute atomic E-state index is 12.6. The molecule has 0 fully saturated rings. The molecule has 0 aromatic carbocycles. The Kier molecular flexibility index (Phi) is 22.1. The first-order chi connectivity index (χ1) is 23.3. The molecule has 0 N–H and O–H groups in total. The van der Waals surface area contributed by atoms with Gasteiger partial charge in [-0.05, 0) is 121 Å². The largest absolute Gasteiger partial charge is 0.472 e. The van der Waals surface area contributed by atoms with Crippen LogP contribution in [-0.4, -0.2) is 11.9 Å². The van der Waals surface area contributed by atoms with Gasteiger partial charge >= 0.3 is 11.9 Å². The normalized spacial score (nSPS) is 15.6. The molecule has 0 aliphatic carbocycles. The van der Waals surface area contributed by atoms with Gasteiger partial charge < -0.3 is 13.9 Å². The van der Waals surface area contributed by atoms with Crippen molar-refractivity contribution >= 4 is 11.9 Å². The summed E-state index contributed by atoms with van der Waals surface area (Å²) in [7, 11) is 0. The van der Waals surface area contributed by atoms with Crippen molar-refractivity contribution in [3.05, 3.63) is 82.8 Å². The van der Waals surface area contributed by atoms with Gasteiger partial charge in [0.15, 0.2) is 11.5 Å². The van der Waals surface area contributed by atoms with E-state index in [1.165, 1.54) is 74.5 Å². The fraction of sp³-hybridized carbons (Fsp3) is 0.628. The molecule has 0 saturated heterocycles. The minimum absolute atomic E-state index is 0.200. The Hall–Kier alpha value is -3.08. The Morgan fingerprint density at radius 1 is 0.812 bits per heavy atom. The number of unbranched alkanes of at least 4 members (excludes halogenated alkanes) is 11. The van der Waals surface area contributed by atoms with Crippen molar-refractivity contribution in [2.75, 3.05) is 0 Å². The van der Waals surface area contributed by atoms with Crippen molar-refractivity contribution in [2.45, 2.75) is 169 Å². The van der Waals surface area contributed by atoms with E-state index in [4.69, 9.17) is 13.9 Å². The van der Waals surface area contributed by atoms with E-state index >= 15 is 0 Å². The number of aryl methyl sites for hydroxylation is 1. The third kappa shape index (κ3) is 19.1. The van der Waals surface area contributed by atoms with Gasteiger partial charge in [0.25, 0.3) is 0 Å². The Balaban J connectivity index is 1.59. The molecule has 0 radical (unpaired) electrons. The Bertz CT molecular complexity index is 1190. The molecule has 1 aliphatic heterocycles. The zero-order valence-electron chi connectivity index (χ0n) is 31.1. The van der Waals surface area contributed by atoms with Gasteiger partial charge in [-0.15, -0.1) is 0 Å². The predicted octanol–water partition coefficient (Wildman–Crippen LogP) is 13.0. The van der Waals surface area contributed by atoms with Crippen molar-refractivity contribution < 1.29 is 23.5 Å². The van der Waals surface area contributed by atoms with Crippen molar-refractivity contribution in [3.63, 3.8) is 0 Å². The molecule has 1 aliphatic rings. The minimum Gasteiger partial charge on any atom is -0.472 e. The highest BCUT2D eigenvalue weighted by atomic mass is 16.6. The number of rotatable bonds is 27. The summed E-state index contributed by atoms with van der Waals surface area (Å²) in [6, 6.07) is 2.03. The smallest absolute Gasteiger partial charge is 0.343 e. The highest BCUT2D eigenvalue weighted by Crippen LogP contribution is 2.30. The molecule has 1 aromatic heterocycles. The molecule has 268 valence electrons. The highest BCUT2D eigenvalue weighted by Gasteiger charge is 2.30. The van der Waals surface area contributed by atoms with Crippen LogP contribution in [0, 0.1) is 5.92 Å². The number of hydrogen-bond donors (Lipinski definition) is 0. The summed E-state index contributed by atoms with van der Waals surface area (Å²) in [6.45, 7) is 10.5. The summed E-state index contributed by atoms with van der Waals surface area (Å²) in [5, 5.41) is 0. The Morgan fingerprint density at radius 2 is 1.46 bits per heavy atom. The number of cyclic esters (lactones) is 1. The molecular weight excluding hydrogens is 596 g/mol. The molecule has 5 nitrogen and oxygen atoms in total. The molecular formula is C43H66O5. The van der Waals surface area contributed by atoms with Crippen LogP contribution >= 0.6 is 0 Å². The first-order valence-corrected chi connectivity index (χ1v) is 19.1. The molecule has 2 heterocycles. The number of carbonyl (C=O) groups excluding carboxylic acids is 2. The fourth-order valence-corrected chi connectivity index (χ4v) is 5.96. The van der Waals surface area contributed by atoms with Crippen molar-refractivity contribution in [3.8, 4) is 0 Å². The average Bonchev–Trinajstić information content (AvgIpc) is 3.66. The summed E-state index contributed by atoms with van der Waals surface area (Å²) in [6.07, 6.45) is 38.3. The number of carbonyl (C=O) groups is 2. The molecule has 2 rings (SSSR count). The van der Waals surface area contributed by atoms with E-state index in [1.54, 1.807) is 13.2 Å². The van der Waals surface area contributed by atoms with Crippen molar-refractivity contribution in [2.24, 2.45) is 5.92 Å². The molecule has 0 saturated carbocycles. The monoisotopic (exact) mass is 662 g/mol. The van der Waals surface area contributed by atoms with Gasteiger partial charge in [-0.3, -0.25) is 4.79 Å². The third-order valence-corrected chi connectivity index (χ3v) is 9.14. The van der Waals surface area contributed by atoms with Crippen LogP contribution in [0.2, 0.25) is 0 Å². The van der Waals surface area contributed by atoms with Crippen LogP contribution in [0.5, 0.6) is 0 Å². The van der Waals surface area contributed by atoms with Crippen LogP contribution in [0.25, 0.3) is 0 Å². The van der Waals surface area contributed by atoms with E-state index in [0.29, 0.717) is 23.5 Å². The second-order valence-corrected chi connectivity index (χ2v) is 13.9. The van der Waals surface area contributed by atoms with Gasteiger partial charge in [0.2, 0.25) is 0 Å². The van der Waals surface area contributed by atoms with E-state index in [9.17, 15) is 9.59 Å². The van der Waals surface area contributed by atoms with E-state index < -0.39 is 5.97 Å². The molecule has 5 heteroatoms. The summed E-state index contributed by atoms with van der Waals surface area (Å²) < 4.78 is 16.3. The van der Waals surface area contributed by atoms with Gasteiger partial charge in [0.1, 0.15) is 0 Å². The van der Waals surface area contributed by atoms with Gasteiger partial charge in [0.05, 0.1) is 18.1 Å². The molecule has 0 spiro atoms. The van der Waals surface area contributed by atoms with Gasteiger partial charge in [-0.2, -0.15) is 0 Å². The van der Waals surface area contributed by atoms with Crippen LogP contribution in [0.4, 0.5) is 0 Å². The number of furan rings is 1. The van der Waals surface area contributed by atoms with E-state index in [1.807, 2.05) is 18.4 Å². The van der Waals surface area contributed by atoms with Gasteiger partial charge in [-0.1, -0.05) is 101 Å². The van der Waals surface area contributed by atoms with Crippen molar-refractivity contribution in [1.29, 1.82) is 0 Å². The first-order valence-electron chi connectivity index (χ1n) is 19.1. The third-order valence-electron chi connectivity index (χ3n) is 9.14. The lowest BCUT2D eigenvalue weighted by molar-refractivity contribution is -0.140. The maximum Gasteiger partial charge on any atom is 0.343 e. The van der Waals surface area contributed by atoms with Crippen molar-refractivity contribution in [1.82, 2.24) is 0 Å². The number of hydrogen-bond acceptors (Lipinski definition) is 5. The zero-order valence-corrected chi connectivity index (χ0v) is 31.1. The number of ether oxygens (including phenoxy) is 2. The number of allylic oxidation sites excluding steroid dienone is 7. The minimum atomic E-state index is -0.429. The quantitative estimate of drug-likeness (QED) is 0.0533. The van der Waals surface area contributed by atoms with E-state index in [2.05, 4.69) is 52.0 Å². The maximum atomic E-state index is 12.6. The molecule has 48 heavy (non-hydrogen) atoms. The summed E-state index contributed by atoms with van der Waals surface area (Å²) in [4.78, 5) is 24.9. The lowest BCUT2D eigenvalue weighted by Gasteiger charge is -2.10. The Labute approximate surface area is 293 Å². The first kappa shape index (κ1) is 41.1. The summed E-state index contributed by atoms with van der Waals surface area (Å²) >= 11 is 0. The van der Waals surface area contributed by atoms with Crippen LogP contribution in [0.15, 0.2) is 81.6 Å². The second-order valence-electron chi connectivity index (χ2n) is 13.9. The van der Waals surface area contributed by atoms with Gasteiger partial charge in [0, 0.05) is 6.42 Å². The lowest BCUT2D eigenvalue weighted by atomic mass is 9.99. The molecule has 1 atom stereocenters. The second kappa shape index (κ2) is 25.9. The van der Waals surface area contributed by atoms with Gasteiger partial charge in [-0.25, -0.2) is 4.79 Å². The fourth-order valence-electron chi connectivity index (χ4n) is 5.96. The molecule has 0 amide bonds. The molecule has 1 aromatic rings. The standard InChI is InChI=1S/C43H66O5/c1-6-7-8-9-10-11-12-13-14-15-16-17-18-19-20-30-41(44)48-42-38(5)43(45)47-40(42)33-37(4)28-22-26-35(2)24-21-25-36(3)27-23-29-39-31-32-46-34-39/h13-14,24,27,31-34,37H,6-12,15-23,25-26,28-30H2,1-5H3/b14-13+,35-24+,36-27+,40-33-/t37-/m1/s1. The van der Waals surface area contributed by atoms with Crippen LogP contribution in [0.1, 0.15) is 169 Å². The molecule has 0 unspecified atom stereocenters. The SMILES string of the molecule is CCCCCCCC/C=C/CCCCCCCC(=O)OC1=C(C)C(=O)O/C1=C\[C@H](C)CCC/C(C)=C/CC/C(C)=C/CCc1ccoc1. The highest BCUT2D eigenvalue weighted by molar-refractivity contribution is 5.94. The molecule has 0 bridgehead atoms. The van der Waals surface area contributed by atoms with Crippen LogP contribution in [-0.2, 0) is 25.5 Å². The van der Waals surface area contributed by atoms with E-state index in [0.717, 1.165) is 70.6 Å². The zero-order chi connectivity index (χ0) is 34.8.